The average molecular weight is 867 g/mol. The van der Waals surface area contributed by atoms with Crippen molar-refractivity contribution in [1.29, 1.82) is 10.5 Å². The van der Waals surface area contributed by atoms with E-state index in [9.17, 15) is 23.7 Å². The number of nitrogens with two attached hydrogens (primary N) is 1. The number of carbonyl (C=O) groups excluding carboxylic acids is 2. The van der Waals surface area contributed by atoms with Gasteiger partial charge in [-0.15, -0.1) is 0 Å². The number of nitrogens with zero attached hydrogens (tertiary/aromatic N) is 6. The van der Waals surface area contributed by atoms with Crippen molar-refractivity contribution >= 4 is 72.0 Å². The molecular weight excluding hydrogens is 826 g/mol. The molecule has 1 aliphatic heterocycles. The fraction of sp³-hybridized carbons (Fsp3) is 0.333. The number of aldehydes is 1. The first kappa shape index (κ1) is 42.5. The Kier molecular flexibility index (Phi) is 12.7. The van der Waals surface area contributed by atoms with E-state index in [0.717, 1.165) is 29.3 Å². The van der Waals surface area contributed by atoms with Crippen LogP contribution >= 0.6 is 23.2 Å². The number of sulfonamides is 2. The molecule has 2 aromatic carbocycles. The Labute approximate surface area is 346 Å². The van der Waals surface area contributed by atoms with Gasteiger partial charge in [-0.25, -0.2) is 21.6 Å². The maximum absolute atomic E-state index is 15.6. The largest absolute Gasteiger partial charge is 0.396 e. The van der Waals surface area contributed by atoms with Crippen molar-refractivity contribution in [2.45, 2.75) is 79.5 Å². The fourth-order valence-corrected chi connectivity index (χ4v) is 11.7. The molecule has 3 aromatic heterocycles. The minimum Gasteiger partial charge on any atom is -0.396 e. The summed E-state index contributed by atoms with van der Waals surface area (Å²) in [6.07, 6.45) is 7.21. The lowest BCUT2D eigenvalue weighted by Gasteiger charge is -2.47. The van der Waals surface area contributed by atoms with Crippen molar-refractivity contribution < 1.29 is 26.4 Å². The molecule has 15 nitrogen and oxygen atoms in total. The standard InChI is InChI=1S/C39H41Cl2N9O6S2/c1-39(49-19-8-10-29(49)25-43,23-27(26-51)46-57(53,54)36-12-6-11-34-31(36)13-15-45-34)50(58(55,56)30-21-32(40)37(44)33(41)22-30)35(14-20-47-18-7-9-28(47)24-42)38(52)48-16-4-2-3-5-17-48/h6-13,15,18-19,21-22,26-27,35,45-46H,2-5,14,16-17,20,23,44H2,1H3. The number of benzene rings is 2. The van der Waals surface area contributed by atoms with Gasteiger partial charge in [-0.05, 0) is 80.8 Å². The molecule has 58 heavy (non-hydrogen) atoms. The number of H-pyrrole nitrogens is 1. The Morgan fingerprint density at radius 1 is 0.983 bits per heavy atom. The van der Waals surface area contributed by atoms with E-state index >= 15 is 13.2 Å². The predicted molar refractivity (Wildman–Crippen MR) is 218 cm³/mol. The number of nitriles is 2. The number of anilines is 1. The number of hydrogen-bond acceptors (Lipinski definition) is 9. The van der Waals surface area contributed by atoms with E-state index in [4.69, 9.17) is 28.9 Å². The first-order chi connectivity index (χ1) is 27.7. The molecule has 6 rings (SSSR count). The van der Waals surface area contributed by atoms with Gasteiger partial charge in [-0.1, -0.05) is 42.1 Å². The summed E-state index contributed by atoms with van der Waals surface area (Å²) in [5, 5.41) is 20.2. The van der Waals surface area contributed by atoms with Crippen LogP contribution < -0.4 is 10.5 Å². The zero-order valence-electron chi connectivity index (χ0n) is 31.4. The van der Waals surface area contributed by atoms with Crippen LogP contribution in [0.1, 0.15) is 56.8 Å². The minimum absolute atomic E-state index is 0.00726. The highest BCUT2D eigenvalue weighted by atomic mass is 35.5. The Balaban J connectivity index is 1.59. The van der Waals surface area contributed by atoms with Gasteiger partial charge in [0.2, 0.25) is 26.0 Å². The Hall–Kier alpha value is -5.14. The lowest BCUT2D eigenvalue weighted by molar-refractivity contribution is -0.138. The zero-order valence-corrected chi connectivity index (χ0v) is 34.5. The fourth-order valence-electron chi connectivity index (χ4n) is 7.67. The normalized spacial score (nSPS) is 15.9. The topological polar surface area (TPSA) is 220 Å². The summed E-state index contributed by atoms with van der Waals surface area (Å²) in [7, 11) is -9.44. The highest BCUT2D eigenvalue weighted by molar-refractivity contribution is 7.90. The van der Waals surface area contributed by atoms with E-state index in [1.165, 1.54) is 42.0 Å². The summed E-state index contributed by atoms with van der Waals surface area (Å²) in [5.74, 6) is -0.567. The molecule has 304 valence electrons. The van der Waals surface area contributed by atoms with Gasteiger partial charge in [-0.2, -0.15) is 14.8 Å². The van der Waals surface area contributed by atoms with Gasteiger partial charge >= 0.3 is 0 Å². The number of likely N-dealkylation sites (tertiary alicyclic amines) is 1. The number of aromatic nitrogens is 3. The average Bonchev–Trinajstić information content (AvgIpc) is 3.95. The third kappa shape index (κ3) is 8.38. The number of aryl methyl sites for hydroxylation is 1. The van der Waals surface area contributed by atoms with Gasteiger partial charge in [0.15, 0.2) is 0 Å². The molecule has 1 saturated heterocycles. The molecule has 0 aliphatic carbocycles. The van der Waals surface area contributed by atoms with E-state index in [2.05, 4.69) is 21.8 Å². The summed E-state index contributed by atoms with van der Waals surface area (Å²) in [6.45, 7) is 2.08. The maximum atomic E-state index is 15.6. The number of carbonyl (C=O) groups is 2. The van der Waals surface area contributed by atoms with Crippen molar-refractivity contribution in [2.24, 2.45) is 0 Å². The van der Waals surface area contributed by atoms with Crippen LogP contribution in [0.15, 0.2) is 89.0 Å². The Morgan fingerprint density at radius 2 is 1.64 bits per heavy atom. The molecule has 4 N–H and O–H groups in total. The highest BCUT2D eigenvalue weighted by Crippen LogP contribution is 2.41. The number of halogens is 2. The molecule has 0 spiro atoms. The van der Waals surface area contributed by atoms with Crippen molar-refractivity contribution in [2.75, 3.05) is 18.8 Å². The molecule has 0 bridgehead atoms. The molecule has 0 saturated carbocycles. The molecule has 1 amide bonds. The number of rotatable bonds is 15. The van der Waals surface area contributed by atoms with Crippen LogP contribution in [0.25, 0.3) is 10.9 Å². The van der Waals surface area contributed by atoms with Crippen molar-refractivity contribution in [3.05, 3.63) is 101 Å². The maximum Gasteiger partial charge on any atom is 0.245 e. The second-order valence-electron chi connectivity index (χ2n) is 14.2. The predicted octanol–water partition coefficient (Wildman–Crippen LogP) is 5.56. The molecule has 1 fully saturated rings. The van der Waals surface area contributed by atoms with Gasteiger partial charge < -0.3 is 29.5 Å². The third-order valence-electron chi connectivity index (χ3n) is 10.5. The van der Waals surface area contributed by atoms with Crippen LogP contribution in [0, 0.1) is 22.7 Å². The summed E-state index contributed by atoms with van der Waals surface area (Å²) in [6, 6.07) is 15.5. The van der Waals surface area contributed by atoms with Gasteiger partial charge in [0.25, 0.3) is 0 Å². The summed E-state index contributed by atoms with van der Waals surface area (Å²) < 4.78 is 65.6. The van der Waals surface area contributed by atoms with Crippen LogP contribution in [-0.2, 0) is 41.8 Å². The lowest BCUT2D eigenvalue weighted by Crippen LogP contribution is -2.62. The quantitative estimate of drug-likeness (QED) is 0.0884. The molecule has 4 heterocycles. The zero-order chi connectivity index (χ0) is 41.8. The molecule has 1 aliphatic rings. The summed E-state index contributed by atoms with van der Waals surface area (Å²) in [4.78, 5) is 32.2. The molecule has 0 radical (unpaired) electrons. The van der Waals surface area contributed by atoms with Gasteiger partial charge in [0.05, 0.1) is 31.6 Å². The number of nitrogens with one attached hydrogen (secondary N) is 2. The number of amides is 1. The first-order valence-electron chi connectivity index (χ1n) is 18.4. The van der Waals surface area contributed by atoms with E-state index in [-0.39, 0.29) is 45.0 Å². The van der Waals surface area contributed by atoms with E-state index in [1.807, 2.05) is 0 Å². The van der Waals surface area contributed by atoms with Crippen molar-refractivity contribution in [3.8, 4) is 12.1 Å². The first-order valence-corrected chi connectivity index (χ1v) is 22.1. The van der Waals surface area contributed by atoms with Crippen LogP contribution in [0.2, 0.25) is 10.0 Å². The molecular formula is C39H41Cl2N9O6S2. The van der Waals surface area contributed by atoms with Crippen molar-refractivity contribution in [3.63, 3.8) is 0 Å². The number of hydrogen-bond donors (Lipinski definition) is 3. The molecule has 3 unspecified atom stereocenters. The van der Waals surface area contributed by atoms with Gasteiger partial charge in [0, 0.05) is 55.5 Å². The molecule has 19 heteroatoms. The smallest absolute Gasteiger partial charge is 0.245 e. The van der Waals surface area contributed by atoms with E-state index in [1.54, 1.807) is 46.1 Å². The van der Waals surface area contributed by atoms with Crippen molar-refractivity contribution in [1.82, 2.24) is 28.0 Å². The van der Waals surface area contributed by atoms with E-state index in [0.29, 0.717) is 43.1 Å². The Morgan fingerprint density at radius 3 is 2.29 bits per heavy atom. The third-order valence-corrected chi connectivity index (χ3v) is 14.6. The molecule has 3 atom stereocenters. The lowest BCUT2D eigenvalue weighted by atomic mass is 9.99. The number of aromatic amines is 1. The number of fused-ring (bicyclic) bond motifs is 1. The highest BCUT2D eigenvalue weighted by Gasteiger charge is 2.51. The summed E-state index contributed by atoms with van der Waals surface area (Å²) >= 11 is 12.9. The van der Waals surface area contributed by atoms with Gasteiger partial charge in [-0.3, -0.25) is 4.79 Å². The monoisotopic (exact) mass is 865 g/mol. The minimum atomic E-state index is -4.98. The Bertz CT molecular complexity index is 2610. The SMILES string of the molecule is CC(CC(C=O)NS(=O)(=O)c1cccc2[nH]ccc12)(N(C(CCn1cccc1C#N)C(=O)N1CCCCCC1)S(=O)(=O)c1cc(Cl)c(N)c(Cl)c1)n1cccc1C#N. The van der Waals surface area contributed by atoms with E-state index < -0.39 is 55.0 Å². The second kappa shape index (κ2) is 17.4. The van der Waals surface area contributed by atoms with Crippen LogP contribution in [0.3, 0.4) is 0 Å². The number of nitrogen functional groups attached to an aromatic ring is 1. The van der Waals surface area contributed by atoms with Crippen LogP contribution in [-0.4, -0.2) is 77.5 Å². The van der Waals surface area contributed by atoms with Gasteiger partial charge in [0.1, 0.15) is 41.5 Å². The van der Waals surface area contributed by atoms with Crippen LogP contribution in [0.5, 0.6) is 0 Å². The second-order valence-corrected chi connectivity index (χ2v) is 18.5. The summed E-state index contributed by atoms with van der Waals surface area (Å²) in [5.41, 5.74) is 4.58. The molecule has 5 aromatic rings. The van der Waals surface area contributed by atoms with Crippen LogP contribution in [0.4, 0.5) is 5.69 Å².